The van der Waals surface area contributed by atoms with Gasteiger partial charge in [-0.25, -0.2) is 4.98 Å². The van der Waals surface area contributed by atoms with Crippen LogP contribution in [0.3, 0.4) is 0 Å². The summed E-state index contributed by atoms with van der Waals surface area (Å²) >= 11 is 6.29. The van der Waals surface area contributed by atoms with Gasteiger partial charge in [0.15, 0.2) is 5.65 Å². The third kappa shape index (κ3) is 3.81. The molecule has 1 N–H and O–H groups in total. The number of aromatic hydroxyl groups is 1. The Kier molecular flexibility index (Phi) is 5.09. The number of nitrogens with zero attached hydrogens (tertiary/aromatic N) is 4. The maximum absolute atomic E-state index is 12.8. The van der Waals surface area contributed by atoms with Crippen molar-refractivity contribution in [2.75, 3.05) is 13.1 Å². The number of carbonyl (C=O) groups excluding carboxylic acids is 1. The van der Waals surface area contributed by atoms with Crippen molar-refractivity contribution in [3.8, 4) is 17.0 Å². The summed E-state index contributed by atoms with van der Waals surface area (Å²) in [6.07, 6.45) is -2.34. The molecule has 30 heavy (non-hydrogen) atoms. The molecule has 1 aliphatic heterocycles. The molecule has 0 bridgehead atoms. The van der Waals surface area contributed by atoms with Gasteiger partial charge in [-0.05, 0) is 31.2 Å². The summed E-state index contributed by atoms with van der Waals surface area (Å²) in [5.74, 6) is -0.303. The first-order chi connectivity index (χ1) is 14.2. The summed E-state index contributed by atoms with van der Waals surface area (Å²) in [4.78, 5) is 18.1. The number of phenols is 1. The van der Waals surface area contributed by atoms with E-state index < -0.39 is 17.5 Å². The second-order valence-electron chi connectivity index (χ2n) is 7.31. The molecule has 0 radical (unpaired) electrons. The van der Waals surface area contributed by atoms with Crippen LogP contribution in [0, 0.1) is 5.92 Å². The normalized spacial score (nSPS) is 17.3. The van der Waals surface area contributed by atoms with E-state index in [1.54, 1.807) is 21.8 Å². The first-order valence-electron chi connectivity index (χ1n) is 9.37. The van der Waals surface area contributed by atoms with Crippen LogP contribution in [0.25, 0.3) is 22.3 Å². The molecular formula is C20H18ClF3N4O2. The van der Waals surface area contributed by atoms with Crippen molar-refractivity contribution in [3.05, 3.63) is 41.0 Å². The number of halogens is 4. The van der Waals surface area contributed by atoms with Crippen molar-refractivity contribution >= 4 is 28.5 Å². The largest absolute Gasteiger partial charge is 0.507 e. The summed E-state index contributed by atoms with van der Waals surface area (Å²) in [7, 11) is 0. The number of benzene rings is 1. The number of rotatable bonds is 4. The van der Waals surface area contributed by atoms with E-state index >= 15 is 0 Å². The number of likely N-dealkylation sites (tertiary alicyclic amines) is 1. The Bertz CT molecular complexity index is 1130. The number of fused-ring (bicyclic) bond motifs is 1. The lowest BCUT2D eigenvalue weighted by molar-refractivity contribution is -0.137. The highest BCUT2D eigenvalue weighted by molar-refractivity contribution is 6.33. The SMILES string of the molecule is CCN1C[C@@H](Cn2cc3cc(Cl)c(-c4ccc(C(F)(F)F)cc4O)nc3n2)CC1=O. The molecule has 6 nitrogen and oxygen atoms in total. The van der Waals surface area contributed by atoms with Crippen molar-refractivity contribution in [2.24, 2.45) is 5.92 Å². The fraction of sp³-hybridized carbons (Fsp3) is 0.350. The summed E-state index contributed by atoms with van der Waals surface area (Å²) < 4.78 is 40.2. The maximum Gasteiger partial charge on any atom is 0.416 e. The van der Waals surface area contributed by atoms with Gasteiger partial charge in [0.2, 0.25) is 5.91 Å². The zero-order valence-electron chi connectivity index (χ0n) is 15.9. The molecule has 1 aromatic carbocycles. The number of amides is 1. The monoisotopic (exact) mass is 438 g/mol. The molecule has 3 heterocycles. The Morgan fingerprint density at radius 1 is 1.30 bits per heavy atom. The maximum atomic E-state index is 12.8. The molecule has 1 saturated heterocycles. The number of hydrogen-bond acceptors (Lipinski definition) is 4. The van der Waals surface area contributed by atoms with E-state index in [1.165, 1.54) is 0 Å². The molecule has 1 atom stereocenters. The van der Waals surface area contributed by atoms with Gasteiger partial charge in [0.1, 0.15) is 5.75 Å². The molecule has 10 heteroatoms. The molecular weight excluding hydrogens is 421 g/mol. The number of hydrogen-bond donors (Lipinski definition) is 1. The molecule has 0 spiro atoms. The fourth-order valence-corrected chi connectivity index (χ4v) is 3.98. The predicted octanol–water partition coefficient (Wildman–Crippen LogP) is 4.34. The van der Waals surface area contributed by atoms with Crippen LogP contribution in [-0.2, 0) is 17.5 Å². The van der Waals surface area contributed by atoms with Crippen LogP contribution in [0.1, 0.15) is 18.9 Å². The predicted molar refractivity (Wildman–Crippen MR) is 105 cm³/mol. The van der Waals surface area contributed by atoms with Crippen molar-refractivity contribution in [1.82, 2.24) is 19.7 Å². The standard InChI is InChI=1S/C20H18ClF3N4O2/c1-2-27-8-11(5-17(27)30)9-28-10-12-6-15(21)18(25-19(12)26-28)14-4-3-13(7-16(14)29)20(22,23)24/h3-4,6-7,10-11,29H,2,5,8-9H2,1H3/t11-/m0/s1. The van der Waals surface area contributed by atoms with Crippen LogP contribution >= 0.6 is 11.6 Å². The molecule has 1 amide bonds. The number of aromatic nitrogens is 3. The smallest absolute Gasteiger partial charge is 0.416 e. The Labute approximate surface area is 174 Å². The van der Waals surface area contributed by atoms with Crippen molar-refractivity contribution in [1.29, 1.82) is 0 Å². The molecule has 3 aromatic rings. The number of phenolic OH excluding ortho intramolecular Hbond substituents is 1. The summed E-state index contributed by atoms with van der Waals surface area (Å²) in [6, 6.07) is 4.26. The average molecular weight is 439 g/mol. The van der Waals surface area contributed by atoms with Gasteiger partial charge < -0.3 is 10.0 Å². The van der Waals surface area contributed by atoms with E-state index in [1.807, 2.05) is 6.92 Å². The molecule has 158 valence electrons. The third-order valence-corrected chi connectivity index (χ3v) is 5.49. The van der Waals surface area contributed by atoms with Gasteiger partial charge in [-0.1, -0.05) is 11.6 Å². The van der Waals surface area contributed by atoms with Crippen LogP contribution in [0.15, 0.2) is 30.5 Å². The first kappa shape index (κ1) is 20.5. The van der Waals surface area contributed by atoms with Gasteiger partial charge in [0.25, 0.3) is 0 Å². The zero-order valence-corrected chi connectivity index (χ0v) is 16.7. The lowest BCUT2D eigenvalue weighted by atomic mass is 10.1. The van der Waals surface area contributed by atoms with E-state index in [-0.39, 0.29) is 28.1 Å². The topological polar surface area (TPSA) is 71.2 Å². The van der Waals surface area contributed by atoms with Crippen molar-refractivity contribution in [2.45, 2.75) is 26.1 Å². The number of alkyl halides is 3. The molecule has 2 aromatic heterocycles. The van der Waals surface area contributed by atoms with Crippen LogP contribution in [0.2, 0.25) is 5.02 Å². The molecule has 1 fully saturated rings. The van der Waals surface area contributed by atoms with E-state index in [0.29, 0.717) is 43.2 Å². The molecule has 0 saturated carbocycles. The lowest BCUT2D eigenvalue weighted by Gasteiger charge is -2.13. The minimum absolute atomic E-state index is 0.0874. The van der Waals surface area contributed by atoms with Crippen LogP contribution in [0.5, 0.6) is 5.75 Å². The minimum Gasteiger partial charge on any atom is -0.507 e. The number of pyridine rings is 1. The number of carbonyl (C=O) groups is 1. The highest BCUT2D eigenvalue weighted by Crippen LogP contribution is 2.38. The van der Waals surface area contributed by atoms with E-state index in [4.69, 9.17) is 11.6 Å². The molecule has 4 rings (SSSR count). The Hall–Kier alpha value is -2.81. The quantitative estimate of drug-likeness (QED) is 0.657. The van der Waals surface area contributed by atoms with Crippen LogP contribution in [0.4, 0.5) is 13.2 Å². The summed E-state index contributed by atoms with van der Waals surface area (Å²) in [6.45, 7) is 3.82. The fourth-order valence-electron chi connectivity index (χ4n) is 3.72. The van der Waals surface area contributed by atoms with Crippen LogP contribution < -0.4 is 0 Å². The van der Waals surface area contributed by atoms with Gasteiger partial charge in [-0.3, -0.25) is 9.48 Å². The highest BCUT2D eigenvalue weighted by Gasteiger charge is 2.32. The third-order valence-electron chi connectivity index (χ3n) is 5.20. The lowest BCUT2D eigenvalue weighted by Crippen LogP contribution is -2.25. The summed E-state index contributed by atoms with van der Waals surface area (Å²) in [5.41, 5.74) is -0.374. The second kappa shape index (κ2) is 7.46. The Morgan fingerprint density at radius 2 is 2.07 bits per heavy atom. The van der Waals surface area contributed by atoms with Crippen molar-refractivity contribution in [3.63, 3.8) is 0 Å². The highest BCUT2D eigenvalue weighted by atomic mass is 35.5. The van der Waals surface area contributed by atoms with Gasteiger partial charge in [0.05, 0.1) is 16.3 Å². The minimum atomic E-state index is -4.56. The molecule has 0 unspecified atom stereocenters. The zero-order chi connectivity index (χ0) is 21.6. The molecule has 1 aliphatic rings. The second-order valence-corrected chi connectivity index (χ2v) is 7.72. The first-order valence-corrected chi connectivity index (χ1v) is 9.75. The Morgan fingerprint density at radius 3 is 2.70 bits per heavy atom. The van der Waals surface area contributed by atoms with Gasteiger partial charge in [-0.15, -0.1) is 0 Å². The van der Waals surface area contributed by atoms with Crippen LogP contribution in [-0.4, -0.2) is 43.8 Å². The average Bonchev–Trinajstić information content (AvgIpc) is 3.22. The van der Waals surface area contributed by atoms with E-state index in [0.717, 1.165) is 12.1 Å². The summed E-state index contributed by atoms with van der Waals surface area (Å²) in [5, 5.41) is 15.4. The van der Waals surface area contributed by atoms with Crippen molar-refractivity contribution < 1.29 is 23.1 Å². The van der Waals surface area contributed by atoms with Gasteiger partial charge in [-0.2, -0.15) is 18.3 Å². The van der Waals surface area contributed by atoms with E-state index in [2.05, 4.69) is 10.1 Å². The van der Waals surface area contributed by atoms with E-state index in [9.17, 15) is 23.1 Å². The molecule has 0 aliphatic carbocycles. The Balaban J connectivity index is 1.64. The van der Waals surface area contributed by atoms with Gasteiger partial charge >= 0.3 is 6.18 Å². The van der Waals surface area contributed by atoms with Gasteiger partial charge in [0, 0.05) is 49.1 Å².